The molecule has 41 heavy (non-hydrogen) atoms. The minimum atomic E-state index is -0.236. The first kappa shape index (κ1) is 31.5. The Hall–Kier alpha value is -4.06. The van der Waals surface area contributed by atoms with Crippen LogP contribution in [0.5, 0.6) is 5.75 Å². The fourth-order valence-corrected chi connectivity index (χ4v) is 4.82. The Morgan fingerprint density at radius 2 is 1.88 bits per heavy atom. The first-order valence-electron chi connectivity index (χ1n) is 14.6. The molecule has 0 atom stereocenters. The second-order valence-electron chi connectivity index (χ2n) is 10.8. The number of fused-ring (bicyclic) bond motifs is 1. The number of carbonyl (C=O) groups excluding carboxylic acids is 1. The number of ether oxygens (including phenoxy) is 1. The van der Waals surface area contributed by atoms with Crippen LogP contribution in [0.4, 0.5) is 11.4 Å². The molecule has 3 aromatic rings. The minimum absolute atomic E-state index is 0.186. The van der Waals surface area contributed by atoms with E-state index in [9.17, 15) is 4.79 Å². The number of allylic oxidation sites excluding steroid dienone is 4. The van der Waals surface area contributed by atoms with Gasteiger partial charge in [-0.2, -0.15) is 0 Å². The Labute approximate surface area is 246 Å². The van der Waals surface area contributed by atoms with Gasteiger partial charge in [0.05, 0.1) is 18.0 Å². The number of nitrogens with zero attached hydrogens (tertiary/aromatic N) is 3. The van der Waals surface area contributed by atoms with Crippen molar-refractivity contribution in [2.24, 2.45) is 0 Å². The predicted octanol–water partition coefficient (Wildman–Crippen LogP) is 8.87. The van der Waals surface area contributed by atoms with Crippen LogP contribution < -0.4 is 15.0 Å². The maximum atomic E-state index is 13.5. The molecular formula is C35H46N4O2. The first-order valence-corrected chi connectivity index (χ1v) is 14.6. The fraction of sp³-hybridized carbons (Fsp3) is 0.371. The van der Waals surface area contributed by atoms with Crippen molar-refractivity contribution in [1.82, 2.24) is 9.38 Å². The standard InChI is InChI=1S/C35H46N4O2/c1-9-14-28(15-10-2)41-29-20-21-39-32(23-36-33(39)22-29)35(40)37-30-18-13-19-31(34(30)27(7)11-3)38(8)24-26(6)17-12-16-25(4)5/h12-13,16-23,28H,6-7,9-11,14-15,24H2,1-5,8H3,(H,37,40)/b17-12-. The summed E-state index contributed by atoms with van der Waals surface area (Å²) in [5, 5.41) is 3.13. The van der Waals surface area contributed by atoms with E-state index >= 15 is 0 Å². The molecule has 0 radical (unpaired) electrons. The third kappa shape index (κ3) is 8.46. The number of likely N-dealkylation sites (N-methyl/N-ethyl adjacent to an activating group) is 1. The van der Waals surface area contributed by atoms with Gasteiger partial charge in [0.2, 0.25) is 0 Å². The van der Waals surface area contributed by atoms with Crippen LogP contribution in [-0.4, -0.2) is 35.0 Å². The SMILES string of the molecule is C=C(/C=C\C=C(C)C)CN(C)c1cccc(NC(=O)c2cnc3cc(OC(CCC)CCC)ccn23)c1C(=C)CC. The highest BCUT2D eigenvalue weighted by atomic mass is 16.5. The number of pyridine rings is 1. The number of nitrogens with one attached hydrogen (secondary N) is 1. The maximum absolute atomic E-state index is 13.5. The van der Waals surface area contributed by atoms with Crippen LogP contribution >= 0.6 is 0 Å². The van der Waals surface area contributed by atoms with Crippen LogP contribution in [0, 0.1) is 0 Å². The van der Waals surface area contributed by atoms with E-state index in [-0.39, 0.29) is 12.0 Å². The van der Waals surface area contributed by atoms with Crippen molar-refractivity contribution in [1.29, 1.82) is 0 Å². The molecule has 0 saturated heterocycles. The number of aromatic nitrogens is 2. The molecule has 0 saturated carbocycles. The molecule has 6 heteroatoms. The van der Waals surface area contributed by atoms with Gasteiger partial charge in [-0.25, -0.2) is 4.98 Å². The molecule has 0 spiro atoms. The first-order chi connectivity index (χ1) is 19.7. The van der Waals surface area contributed by atoms with Crippen molar-refractivity contribution in [3.63, 3.8) is 0 Å². The molecule has 6 nitrogen and oxygen atoms in total. The quantitative estimate of drug-likeness (QED) is 0.191. The fourth-order valence-electron chi connectivity index (χ4n) is 4.82. The lowest BCUT2D eigenvalue weighted by Gasteiger charge is -2.25. The van der Waals surface area contributed by atoms with Gasteiger partial charge >= 0.3 is 0 Å². The highest BCUT2D eigenvalue weighted by Crippen LogP contribution is 2.35. The smallest absolute Gasteiger partial charge is 0.274 e. The summed E-state index contributed by atoms with van der Waals surface area (Å²) in [6, 6.07) is 9.73. The summed E-state index contributed by atoms with van der Waals surface area (Å²) in [5.74, 6) is 0.538. The van der Waals surface area contributed by atoms with Gasteiger partial charge in [-0.05, 0) is 62.5 Å². The molecule has 2 aromatic heterocycles. The van der Waals surface area contributed by atoms with Gasteiger partial charge in [0.15, 0.2) is 0 Å². The lowest BCUT2D eigenvalue weighted by Crippen LogP contribution is -2.22. The van der Waals surface area contributed by atoms with Crippen molar-refractivity contribution >= 4 is 28.5 Å². The minimum Gasteiger partial charge on any atom is -0.490 e. The number of benzene rings is 1. The largest absolute Gasteiger partial charge is 0.490 e. The van der Waals surface area contributed by atoms with Crippen LogP contribution in [0.25, 0.3) is 11.2 Å². The molecule has 1 amide bonds. The number of carbonyl (C=O) groups is 1. The van der Waals surface area contributed by atoms with E-state index in [1.54, 1.807) is 10.6 Å². The normalized spacial score (nSPS) is 11.2. The Balaban J connectivity index is 1.85. The Morgan fingerprint density at radius 1 is 1.15 bits per heavy atom. The van der Waals surface area contributed by atoms with Crippen LogP contribution in [0.3, 0.4) is 0 Å². The highest BCUT2D eigenvalue weighted by Gasteiger charge is 2.19. The predicted molar refractivity (Wildman–Crippen MR) is 174 cm³/mol. The summed E-state index contributed by atoms with van der Waals surface area (Å²) in [7, 11) is 2.03. The number of anilines is 2. The number of imidazole rings is 1. The third-order valence-electron chi connectivity index (χ3n) is 6.93. The lowest BCUT2D eigenvalue weighted by molar-refractivity contribution is 0.102. The van der Waals surface area contributed by atoms with E-state index in [1.807, 2.05) is 49.7 Å². The van der Waals surface area contributed by atoms with Gasteiger partial charge in [0, 0.05) is 37.1 Å². The van der Waals surface area contributed by atoms with Crippen molar-refractivity contribution in [2.75, 3.05) is 23.8 Å². The van der Waals surface area contributed by atoms with E-state index in [0.29, 0.717) is 23.6 Å². The van der Waals surface area contributed by atoms with E-state index in [1.165, 1.54) is 5.57 Å². The van der Waals surface area contributed by atoms with Crippen molar-refractivity contribution in [3.8, 4) is 5.75 Å². The van der Waals surface area contributed by atoms with Crippen molar-refractivity contribution < 1.29 is 9.53 Å². The molecule has 0 unspecified atom stereocenters. The molecule has 3 rings (SSSR count). The number of amides is 1. The van der Waals surface area contributed by atoms with Gasteiger partial charge < -0.3 is 15.0 Å². The monoisotopic (exact) mass is 554 g/mol. The topological polar surface area (TPSA) is 58.9 Å². The molecule has 0 fully saturated rings. The van der Waals surface area contributed by atoms with Crippen LogP contribution in [0.15, 0.2) is 85.3 Å². The van der Waals surface area contributed by atoms with Crippen molar-refractivity contribution in [2.45, 2.75) is 72.8 Å². The Kier molecular flexibility index (Phi) is 11.6. The number of hydrogen-bond acceptors (Lipinski definition) is 4. The second-order valence-corrected chi connectivity index (χ2v) is 10.8. The van der Waals surface area contributed by atoms with Gasteiger partial charge in [-0.15, -0.1) is 0 Å². The van der Waals surface area contributed by atoms with Gasteiger partial charge in [-0.3, -0.25) is 9.20 Å². The van der Waals surface area contributed by atoms with E-state index in [4.69, 9.17) is 4.74 Å². The molecule has 1 aromatic carbocycles. The zero-order chi connectivity index (χ0) is 29.9. The summed E-state index contributed by atoms with van der Waals surface area (Å²) >= 11 is 0. The van der Waals surface area contributed by atoms with Crippen molar-refractivity contribution in [3.05, 3.63) is 96.5 Å². The summed E-state index contributed by atoms with van der Waals surface area (Å²) < 4.78 is 8.03. The Morgan fingerprint density at radius 3 is 2.54 bits per heavy atom. The molecule has 0 aliphatic rings. The summed E-state index contributed by atoms with van der Waals surface area (Å²) in [6.07, 6.45) is 14.7. The lowest BCUT2D eigenvalue weighted by atomic mass is 9.99. The zero-order valence-corrected chi connectivity index (χ0v) is 25.7. The average molecular weight is 555 g/mol. The average Bonchev–Trinajstić information content (AvgIpc) is 3.36. The molecule has 0 bridgehead atoms. The molecular weight excluding hydrogens is 508 g/mol. The second kappa shape index (κ2) is 15.1. The van der Waals surface area contributed by atoms with E-state index < -0.39 is 0 Å². The molecule has 0 aliphatic heterocycles. The van der Waals surface area contributed by atoms with Crippen LogP contribution in [-0.2, 0) is 0 Å². The number of hydrogen-bond donors (Lipinski definition) is 1. The third-order valence-corrected chi connectivity index (χ3v) is 6.93. The highest BCUT2D eigenvalue weighted by molar-refractivity contribution is 6.05. The van der Waals surface area contributed by atoms with E-state index in [2.05, 4.69) is 75.1 Å². The molecule has 1 N–H and O–H groups in total. The maximum Gasteiger partial charge on any atom is 0.274 e. The van der Waals surface area contributed by atoms with Crippen LogP contribution in [0.1, 0.15) is 82.8 Å². The molecule has 218 valence electrons. The van der Waals surface area contributed by atoms with Gasteiger partial charge in [0.25, 0.3) is 5.91 Å². The number of rotatable bonds is 15. The molecule has 2 heterocycles. The summed E-state index contributed by atoms with van der Waals surface area (Å²) in [5.41, 5.74) is 6.92. The Bertz CT molecular complexity index is 1420. The van der Waals surface area contributed by atoms with E-state index in [0.717, 1.165) is 60.3 Å². The van der Waals surface area contributed by atoms with Crippen LogP contribution in [0.2, 0.25) is 0 Å². The summed E-state index contributed by atoms with van der Waals surface area (Å²) in [4.78, 5) is 20.2. The van der Waals surface area contributed by atoms with Gasteiger partial charge in [-0.1, -0.05) is 76.6 Å². The zero-order valence-electron chi connectivity index (χ0n) is 25.7. The summed E-state index contributed by atoms with van der Waals surface area (Å²) in [6.45, 7) is 19.7. The van der Waals surface area contributed by atoms with Gasteiger partial charge in [0.1, 0.15) is 17.1 Å². The molecule has 0 aliphatic carbocycles.